The van der Waals surface area contributed by atoms with Crippen LogP contribution >= 0.6 is 0 Å². The van der Waals surface area contributed by atoms with Crippen LogP contribution in [0.3, 0.4) is 0 Å². The van der Waals surface area contributed by atoms with Gasteiger partial charge in [-0.15, -0.1) is 0 Å². The van der Waals surface area contributed by atoms with Gasteiger partial charge in [-0.05, 0) is 49.8 Å². The normalized spacial score (nSPS) is 14.9. The monoisotopic (exact) mass is 408 g/mol. The number of hydrogen-bond acceptors (Lipinski definition) is 4. The Morgan fingerprint density at radius 3 is 2.67 bits per heavy atom. The highest BCUT2D eigenvalue weighted by atomic mass is 16.5. The number of rotatable bonds is 7. The number of fused-ring (bicyclic) bond motifs is 1. The van der Waals surface area contributed by atoms with Gasteiger partial charge in [0.25, 0.3) is 5.91 Å². The summed E-state index contributed by atoms with van der Waals surface area (Å²) in [5.74, 6) is 1.35. The van der Waals surface area contributed by atoms with E-state index in [1.165, 1.54) is 0 Å². The van der Waals surface area contributed by atoms with Crippen LogP contribution in [0.4, 0.5) is 0 Å². The number of ether oxygens (including phenoxy) is 2. The maximum atomic E-state index is 12.6. The molecule has 1 N–H and O–H groups in total. The summed E-state index contributed by atoms with van der Waals surface area (Å²) >= 11 is 0. The van der Waals surface area contributed by atoms with Crippen LogP contribution in [-0.4, -0.2) is 43.5 Å². The highest BCUT2D eigenvalue weighted by molar-refractivity contribution is 5.94. The summed E-state index contributed by atoms with van der Waals surface area (Å²) in [6.07, 6.45) is 4.32. The van der Waals surface area contributed by atoms with Crippen molar-refractivity contribution < 1.29 is 19.1 Å². The molecule has 0 bridgehead atoms. The number of carbonyl (C=O) groups excluding carboxylic acids is 2. The second-order valence-electron chi connectivity index (χ2n) is 7.37. The van der Waals surface area contributed by atoms with Crippen molar-refractivity contribution >= 4 is 17.9 Å². The molecule has 0 unspecified atom stereocenters. The second-order valence-corrected chi connectivity index (χ2v) is 7.37. The zero-order valence-corrected chi connectivity index (χ0v) is 17.9. The van der Waals surface area contributed by atoms with E-state index in [0.29, 0.717) is 18.7 Å². The van der Waals surface area contributed by atoms with E-state index in [0.717, 1.165) is 34.6 Å². The predicted molar refractivity (Wildman–Crippen MR) is 117 cm³/mol. The van der Waals surface area contributed by atoms with E-state index in [-0.39, 0.29) is 17.9 Å². The number of nitrogens with zero attached hydrogens (tertiary/aromatic N) is 1. The fourth-order valence-electron chi connectivity index (χ4n) is 3.41. The van der Waals surface area contributed by atoms with Gasteiger partial charge in [0.05, 0.1) is 6.61 Å². The number of hydrogen-bond donors (Lipinski definition) is 1. The Morgan fingerprint density at radius 1 is 1.27 bits per heavy atom. The number of nitrogens with one attached hydrogen (secondary N) is 1. The van der Waals surface area contributed by atoms with Crippen LogP contribution < -0.4 is 14.8 Å². The number of amides is 2. The molecule has 6 heteroatoms. The fraction of sp³-hybridized carbons (Fsp3) is 0.333. The van der Waals surface area contributed by atoms with Crippen LogP contribution in [0, 0.1) is 0 Å². The number of carbonyl (C=O) groups is 2. The third-order valence-corrected chi connectivity index (χ3v) is 4.97. The quantitative estimate of drug-likeness (QED) is 0.713. The second kappa shape index (κ2) is 9.48. The Balaban J connectivity index is 1.69. The third-order valence-electron chi connectivity index (χ3n) is 4.97. The summed E-state index contributed by atoms with van der Waals surface area (Å²) in [6, 6.07) is 11.1. The molecule has 3 rings (SSSR count). The molecule has 2 aromatic rings. The maximum absolute atomic E-state index is 12.6. The lowest BCUT2D eigenvalue weighted by atomic mass is 10.1. The first kappa shape index (κ1) is 21.4. The molecule has 30 heavy (non-hydrogen) atoms. The van der Waals surface area contributed by atoms with E-state index >= 15 is 0 Å². The topological polar surface area (TPSA) is 67.9 Å². The molecule has 0 aromatic heterocycles. The fourth-order valence-corrected chi connectivity index (χ4v) is 3.41. The van der Waals surface area contributed by atoms with Gasteiger partial charge >= 0.3 is 0 Å². The standard InChI is InChI=1S/C24H28N2O4/c1-5-29-21-14-20-12-16(2)30-22(20)13-19(21)10-11-23(27)26(4)15-17-6-8-18(9-7-17)24(28)25-3/h6-11,13-14,16H,5,12,15H2,1-4H3,(H,25,28)/b11-10+/t16-/m0/s1. The van der Waals surface area contributed by atoms with E-state index in [9.17, 15) is 9.59 Å². The summed E-state index contributed by atoms with van der Waals surface area (Å²) in [6.45, 7) is 4.97. The lowest BCUT2D eigenvalue weighted by Gasteiger charge is -2.16. The summed E-state index contributed by atoms with van der Waals surface area (Å²) in [5, 5.41) is 2.59. The Bertz CT molecular complexity index is 950. The number of likely N-dealkylation sites (N-methyl/N-ethyl adjacent to an activating group) is 1. The largest absolute Gasteiger partial charge is 0.493 e. The highest BCUT2D eigenvalue weighted by Gasteiger charge is 2.21. The first-order chi connectivity index (χ1) is 14.4. The van der Waals surface area contributed by atoms with Crippen LogP contribution in [0.25, 0.3) is 6.08 Å². The minimum Gasteiger partial charge on any atom is -0.493 e. The lowest BCUT2D eigenvalue weighted by molar-refractivity contribution is -0.125. The average molecular weight is 408 g/mol. The summed E-state index contributed by atoms with van der Waals surface area (Å²) in [4.78, 5) is 25.9. The molecule has 158 valence electrons. The van der Waals surface area contributed by atoms with Crippen LogP contribution in [0.15, 0.2) is 42.5 Å². The first-order valence-electron chi connectivity index (χ1n) is 10.1. The van der Waals surface area contributed by atoms with Crippen molar-refractivity contribution in [3.05, 3.63) is 64.7 Å². The van der Waals surface area contributed by atoms with Crippen LogP contribution in [0.5, 0.6) is 11.5 Å². The summed E-state index contributed by atoms with van der Waals surface area (Å²) in [5.41, 5.74) is 3.49. The van der Waals surface area contributed by atoms with Crippen LogP contribution in [-0.2, 0) is 17.8 Å². The molecule has 1 aliphatic heterocycles. The van der Waals surface area contributed by atoms with E-state index in [2.05, 4.69) is 5.32 Å². The zero-order valence-electron chi connectivity index (χ0n) is 17.9. The van der Waals surface area contributed by atoms with Crippen LogP contribution in [0.1, 0.15) is 40.9 Å². The first-order valence-corrected chi connectivity index (χ1v) is 10.1. The Morgan fingerprint density at radius 2 is 2.00 bits per heavy atom. The van der Waals surface area contributed by atoms with Crippen molar-refractivity contribution in [3.8, 4) is 11.5 Å². The van der Waals surface area contributed by atoms with Crippen LogP contribution in [0.2, 0.25) is 0 Å². The molecule has 1 aliphatic rings. The van der Waals surface area contributed by atoms with Gasteiger partial charge in [-0.25, -0.2) is 0 Å². The van der Waals surface area contributed by atoms with Gasteiger partial charge in [0.15, 0.2) is 0 Å². The van der Waals surface area contributed by atoms with Crippen molar-refractivity contribution in [1.82, 2.24) is 10.2 Å². The van der Waals surface area contributed by atoms with Crippen molar-refractivity contribution in [2.45, 2.75) is 32.9 Å². The van der Waals surface area contributed by atoms with Gasteiger partial charge in [-0.3, -0.25) is 9.59 Å². The molecule has 0 spiro atoms. The molecule has 0 fully saturated rings. The molecule has 0 radical (unpaired) electrons. The van der Waals surface area contributed by atoms with Crippen molar-refractivity contribution in [3.63, 3.8) is 0 Å². The molecule has 1 atom stereocenters. The smallest absolute Gasteiger partial charge is 0.251 e. The molecule has 1 heterocycles. The Kier molecular flexibility index (Phi) is 6.77. The highest BCUT2D eigenvalue weighted by Crippen LogP contribution is 2.35. The summed E-state index contributed by atoms with van der Waals surface area (Å²) < 4.78 is 11.6. The van der Waals surface area contributed by atoms with Gasteiger partial charge in [0, 0.05) is 49.8 Å². The lowest BCUT2D eigenvalue weighted by Crippen LogP contribution is -2.24. The molecule has 6 nitrogen and oxygen atoms in total. The Hall–Kier alpha value is -3.28. The minimum atomic E-state index is -0.133. The van der Waals surface area contributed by atoms with E-state index in [4.69, 9.17) is 9.47 Å². The van der Waals surface area contributed by atoms with Crippen molar-refractivity contribution in [2.24, 2.45) is 0 Å². The van der Waals surface area contributed by atoms with Gasteiger partial charge < -0.3 is 19.7 Å². The minimum absolute atomic E-state index is 0.123. The Labute approximate surface area is 177 Å². The van der Waals surface area contributed by atoms with Crippen molar-refractivity contribution in [1.29, 1.82) is 0 Å². The molecule has 0 saturated carbocycles. The zero-order chi connectivity index (χ0) is 21.7. The molecule has 2 amide bonds. The molecular formula is C24H28N2O4. The van der Waals surface area contributed by atoms with E-state index < -0.39 is 0 Å². The van der Waals surface area contributed by atoms with E-state index in [1.54, 1.807) is 43.3 Å². The van der Waals surface area contributed by atoms with E-state index in [1.807, 2.05) is 38.1 Å². The molecular weight excluding hydrogens is 380 g/mol. The third kappa shape index (κ3) is 5.00. The summed E-state index contributed by atoms with van der Waals surface area (Å²) in [7, 11) is 3.34. The maximum Gasteiger partial charge on any atom is 0.251 e. The predicted octanol–water partition coefficient (Wildman–Crippen LogP) is 3.44. The van der Waals surface area contributed by atoms with Gasteiger partial charge in [-0.2, -0.15) is 0 Å². The average Bonchev–Trinajstić information content (AvgIpc) is 3.10. The van der Waals surface area contributed by atoms with Crippen molar-refractivity contribution in [2.75, 3.05) is 20.7 Å². The van der Waals surface area contributed by atoms with Gasteiger partial charge in [-0.1, -0.05) is 12.1 Å². The molecule has 2 aromatic carbocycles. The SMILES string of the molecule is CCOc1cc2c(cc1/C=C/C(=O)N(C)Cc1ccc(C(=O)NC)cc1)O[C@@H](C)C2. The molecule has 0 aliphatic carbocycles. The molecule has 0 saturated heterocycles. The number of benzene rings is 2. The van der Waals surface area contributed by atoms with Gasteiger partial charge in [0.1, 0.15) is 17.6 Å². The van der Waals surface area contributed by atoms with Gasteiger partial charge in [0.2, 0.25) is 5.91 Å².